The summed E-state index contributed by atoms with van der Waals surface area (Å²) in [5.41, 5.74) is 8.04. The Kier molecular flexibility index (Phi) is 11.2. The molecule has 3 N–H and O–H groups in total. The van der Waals surface area contributed by atoms with E-state index < -0.39 is 0 Å². The fourth-order valence-electron chi connectivity index (χ4n) is 2.53. The third kappa shape index (κ3) is 8.36. The first kappa shape index (κ1) is 24.8. The van der Waals surface area contributed by atoms with Crippen LogP contribution in [0, 0.1) is 0 Å². The van der Waals surface area contributed by atoms with Crippen molar-refractivity contribution in [2.45, 2.75) is 13.1 Å². The Morgan fingerprint density at radius 1 is 1.03 bits per heavy atom. The minimum Gasteiger partial charge on any atom is -0.493 e. The van der Waals surface area contributed by atoms with Crippen LogP contribution in [0.1, 0.15) is 11.1 Å². The van der Waals surface area contributed by atoms with E-state index in [0.717, 1.165) is 23.4 Å². The molecule has 0 atom stereocenters. The molecule has 0 aliphatic carbocycles. The number of methoxy groups -OCH3 is 2. The van der Waals surface area contributed by atoms with Crippen molar-refractivity contribution in [3.8, 4) is 17.2 Å². The molecule has 0 aromatic heterocycles. The van der Waals surface area contributed by atoms with Gasteiger partial charge in [-0.3, -0.25) is 0 Å². The third-order valence-corrected chi connectivity index (χ3v) is 4.11. The van der Waals surface area contributed by atoms with Gasteiger partial charge in [0.15, 0.2) is 17.5 Å². The summed E-state index contributed by atoms with van der Waals surface area (Å²) >= 11 is 0. The van der Waals surface area contributed by atoms with Gasteiger partial charge in [-0.2, -0.15) is 0 Å². The van der Waals surface area contributed by atoms with E-state index in [1.807, 2.05) is 56.6 Å². The number of hydrogen-bond donors (Lipinski definition) is 2. The molecule has 2 aromatic rings. The molecular formula is C21H31IN4O3. The zero-order valence-electron chi connectivity index (χ0n) is 17.5. The van der Waals surface area contributed by atoms with Crippen LogP contribution in [0.15, 0.2) is 47.5 Å². The van der Waals surface area contributed by atoms with Crippen LogP contribution in [0.4, 0.5) is 0 Å². The lowest BCUT2D eigenvalue weighted by atomic mass is 10.2. The fraction of sp³-hybridized carbons (Fsp3) is 0.381. The molecule has 2 aromatic carbocycles. The number of nitrogens with zero attached hydrogens (tertiary/aromatic N) is 2. The van der Waals surface area contributed by atoms with Gasteiger partial charge in [0, 0.05) is 18.7 Å². The molecule has 160 valence electrons. The van der Waals surface area contributed by atoms with Gasteiger partial charge >= 0.3 is 0 Å². The lowest BCUT2D eigenvalue weighted by molar-refractivity contribution is 0.259. The molecule has 2 rings (SSSR count). The summed E-state index contributed by atoms with van der Waals surface area (Å²) in [5.74, 6) is 2.58. The molecule has 0 bridgehead atoms. The number of nitrogens with one attached hydrogen (secondary N) is 1. The van der Waals surface area contributed by atoms with Gasteiger partial charge in [0.1, 0.15) is 12.4 Å². The first-order chi connectivity index (χ1) is 13.5. The molecule has 0 saturated carbocycles. The number of guanidine groups is 1. The van der Waals surface area contributed by atoms with Crippen LogP contribution in [0.5, 0.6) is 17.2 Å². The van der Waals surface area contributed by atoms with Crippen LogP contribution in [0.25, 0.3) is 0 Å². The number of ether oxygens (including phenoxy) is 3. The Balaban J connectivity index is 0.00000420. The molecule has 8 heteroatoms. The highest BCUT2D eigenvalue weighted by atomic mass is 127. The van der Waals surface area contributed by atoms with Gasteiger partial charge in [-0.1, -0.05) is 24.3 Å². The van der Waals surface area contributed by atoms with Crippen molar-refractivity contribution >= 4 is 29.9 Å². The number of halogens is 1. The second kappa shape index (κ2) is 13.1. The van der Waals surface area contributed by atoms with Crippen LogP contribution in [-0.4, -0.2) is 52.3 Å². The Morgan fingerprint density at radius 3 is 2.45 bits per heavy atom. The van der Waals surface area contributed by atoms with E-state index in [9.17, 15) is 0 Å². The van der Waals surface area contributed by atoms with E-state index in [4.69, 9.17) is 19.9 Å². The molecule has 7 nitrogen and oxygen atoms in total. The molecule has 29 heavy (non-hydrogen) atoms. The second-order valence-electron chi connectivity index (χ2n) is 6.50. The lowest BCUT2D eigenvalue weighted by Crippen LogP contribution is -2.31. The third-order valence-electron chi connectivity index (χ3n) is 4.11. The topological polar surface area (TPSA) is 81.3 Å². The first-order valence-electron chi connectivity index (χ1n) is 9.13. The highest BCUT2D eigenvalue weighted by Crippen LogP contribution is 2.27. The molecular weight excluding hydrogens is 483 g/mol. The smallest absolute Gasteiger partial charge is 0.189 e. The van der Waals surface area contributed by atoms with Gasteiger partial charge in [-0.05, 0) is 37.9 Å². The molecule has 0 saturated heterocycles. The fourth-order valence-corrected chi connectivity index (χ4v) is 2.53. The second-order valence-corrected chi connectivity index (χ2v) is 6.50. The zero-order chi connectivity index (χ0) is 20.4. The number of rotatable bonds is 10. The zero-order valence-corrected chi connectivity index (χ0v) is 19.8. The minimum atomic E-state index is 0. The summed E-state index contributed by atoms with van der Waals surface area (Å²) in [4.78, 5) is 6.48. The minimum absolute atomic E-state index is 0. The standard InChI is InChI=1S/C21H30N4O3.HI/c1-25(2)11-12-28-18-8-6-5-7-17(18)15-24-21(22)23-14-16-9-10-19(26-3)20(13-16)27-4;/h5-10,13H,11-12,14-15H2,1-4H3,(H3,22,23,24);1H. The summed E-state index contributed by atoms with van der Waals surface area (Å²) in [6.45, 7) is 2.48. The maximum atomic E-state index is 6.02. The van der Waals surface area contributed by atoms with E-state index in [1.165, 1.54) is 0 Å². The van der Waals surface area contributed by atoms with Crippen molar-refractivity contribution in [3.63, 3.8) is 0 Å². The molecule has 0 aliphatic heterocycles. The summed E-state index contributed by atoms with van der Waals surface area (Å²) in [6, 6.07) is 13.6. The van der Waals surface area contributed by atoms with Crippen LogP contribution in [0.2, 0.25) is 0 Å². The number of nitrogens with two attached hydrogens (primary N) is 1. The predicted molar refractivity (Wildman–Crippen MR) is 128 cm³/mol. The van der Waals surface area contributed by atoms with Crippen molar-refractivity contribution in [2.75, 3.05) is 41.5 Å². The number of likely N-dealkylation sites (N-methyl/N-ethyl adjacent to an activating group) is 1. The van der Waals surface area contributed by atoms with Crippen LogP contribution in [0.3, 0.4) is 0 Å². The van der Waals surface area contributed by atoms with Crippen molar-refractivity contribution in [2.24, 2.45) is 10.7 Å². The quantitative estimate of drug-likeness (QED) is 0.289. The largest absolute Gasteiger partial charge is 0.493 e. The van der Waals surface area contributed by atoms with Crippen molar-refractivity contribution in [1.82, 2.24) is 10.2 Å². The first-order valence-corrected chi connectivity index (χ1v) is 9.13. The number of aliphatic imine (C=N–C) groups is 1. The normalized spacial score (nSPS) is 11.0. The van der Waals surface area contributed by atoms with E-state index >= 15 is 0 Å². The maximum Gasteiger partial charge on any atom is 0.189 e. The summed E-state index contributed by atoms with van der Waals surface area (Å²) < 4.78 is 16.4. The highest BCUT2D eigenvalue weighted by Gasteiger charge is 2.06. The Hall–Kier alpha value is -2.20. The Morgan fingerprint density at radius 2 is 1.76 bits per heavy atom. The van der Waals surface area contributed by atoms with Gasteiger partial charge < -0.3 is 30.2 Å². The Bertz CT molecular complexity index is 784. The lowest BCUT2D eigenvalue weighted by Gasteiger charge is -2.14. The van der Waals surface area contributed by atoms with Crippen LogP contribution < -0.4 is 25.3 Å². The van der Waals surface area contributed by atoms with E-state index in [-0.39, 0.29) is 24.0 Å². The summed E-state index contributed by atoms with van der Waals surface area (Å²) in [6.07, 6.45) is 0. The molecule has 0 aliphatic rings. The van der Waals surface area contributed by atoms with E-state index in [1.54, 1.807) is 14.2 Å². The average molecular weight is 514 g/mol. The van der Waals surface area contributed by atoms with Crippen molar-refractivity contribution in [3.05, 3.63) is 53.6 Å². The molecule has 0 heterocycles. The van der Waals surface area contributed by atoms with Gasteiger partial charge in [0.25, 0.3) is 0 Å². The van der Waals surface area contributed by atoms with Gasteiger partial charge in [-0.15, -0.1) is 24.0 Å². The van der Waals surface area contributed by atoms with Crippen LogP contribution in [-0.2, 0) is 13.1 Å². The SMILES string of the molecule is COc1ccc(CN=C(N)NCc2ccccc2OCCN(C)C)cc1OC.I. The van der Waals surface area contributed by atoms with E-state index in [0.29, 0.717) is 37.2 Å². The van der Waals surface area contributed by atoms with Crippen molar-refractivity contribution < 1.29 is 14.2 Å². The number of hydrogen-bond acceptors (Lipinski definition) is 5. The molecule has 0 fully saturated rings. The van der Waals surface area contributed by atoms with Gasteiger partial charge in [-0.25, -0.2) is 4.99 Å². The predicted octanol–water partition coefficient (Wildman–Crippen LogP) is 2.87. The number of benzene rings is 2. The van der Waals surface area contributed by atoms with Gasteiger partial charge in [0.2, 0.25) is 0 Å². The summed E-state index contributed by atoms with van der Waals surface area (Å²) in [7, 11) is 7.26. The van der Waals surface area contributed by atoms with Crippen LogP contribution >= 0.6 is 24.0 Å². The molecule has 0 unspecified atom stereocenters. The Labute approximate surface area is 190 Å². The number of para-hydroxylation sites is 1. The van der Waals surface area contributed by atoms with E-state index in [2.05, 4.69) is 15.2 Å². The summed E-state index contributed by atoms with van der Waals surface area (Å²) in [5, 5.41) is 3.14. The molecule has 0 spiro atoms. The molecule has 0 radical (unpaired) electrons. The average Bonchev–Trinajstić information content (AvgIpc) is 2.71. The molecule has 0 amide bonds. The monoisotopic (exact) mass is 514 g/mol. The van der Waals surface area contributed by atoms with Crippen molar-refractivity contribution in [1.29, 1.82) is 0 Å². The van der Waals surface area contributed by atoms with Gasteiger partial charge in [0.05, 0.1) is 20.8 Å². The maximum absolute atomic E-state index is 6.02. The highest BCUT2D eigenvalue weighted by molar-refractivity contribution is 14.0.